The lowest BCUT2D eigenvalue weighted by molar-refractivity contribution is -0.160. The molecule has 0 radical (unpaired) electrons. The molecule has 0 amide bonds. The third-order valence-corrected chi connectivity index (χ3v) is 2.59. The Hall–Kier alpha value is -1.89. The summed E-state index contributed by atoms with van der Waals surface area (Å²) in [6.07, 6.45) is 0. The maximum atomic E-state index is 11.3. The van der Waals surface area contributed by atoms with Crippen LogP contribution in [0.1, 0.15) is 25.6 Å². The number of aliphatic carboxylic acids is 1. The van der Waals surface area contributed by atoms with E-state index < -0.39 is 24.1 Å². The van der Waals surface area contributed by atoms with Gasteiger partial charge in [0.2, 0.25) is 12.3 Å². The minimum atomic E-state index is -1.22. The molecule has 0 saturated heterocycles. The molecule has 0 aromatic carbocycles. The fourth-order valence-corrected chi connectivity index (χ4v) is 1.82. The number of hydrogen-bond acceptors (Lipinski definition) is 6. The molecule has 0 aliphatic heterocycles. The fraction of sp³-hybridized carbons (Fsp3) is 0.417. The zero-order chi connectivity index (χ0) is 14.5. The zero-order valence-electron chi connectivity index (χ0n) is 10.9. The zero-order valence-corrected chi connectivity index (χ0v) is 11.7. The van der Waals surface area contributed by atoms with Gasteiger partial charge in [0.05, 0.1) is 4.88 Å². The second-order valence-corrected chi connectivity index (χ2v) is 5.53. The number of carboxylic acid groups (broad SMARTS) is 1. The van der Waals surface area contributed by atoms with Crippen LogP contribution < -0.4 is 0 Å². The smallest absolute Gasteiger partial charge is 0.359 e. The number of carbonyl (C=O) groups excluding carboxylic acids is 1. The molecule has 1 aromatic heterocycles. The molecular formula is C12H15NO5S. The van der Waals surface area contributed by atoms with Crippen LogP contribution >= 0.6 is 11.3 Å². The standard InChI is InChI=1S/C12H15NO5S/c1-12(2,3)18-9(14)7-17-13-10(11(15)16)8-5-4-6-19-8/h4-6H,7H2,1-3H3,(H,15,16). The van der Waals surface area contributed by atoms with Crippen molar-refractivity contribution in [2.45, 2.75) is 26.4 Å². The highest BCUT2D eigenvalue weighted by Gasteiger charge is 2.18. The van der Waals surface area contributed by atoms with Crippen molar-refractivity contribution in [3.63, 3.8) is 0 Å². The number of esters is 1. The van der Waals surface area contributed by atoms with E-state index in [1.165, 1.54) is 11.3 Å². The SMILES string of the molecule is CC(C)(C)OC(=O)CON=C(C(=O)O)c1cccs1. The van der Waals surface area contributed by atoms with Crippen molar-refractivity contribution in [3.8, 4) is 0 Å². The van der Waals surface area contributed by atoms with E-state index in [1.54, 1.807) is 38.3 Å². The lowest BCUT2D eigenvalue weighted by atomic mass is 10.2. The highest BCUT2D eigenvalue weighted by Crippen LogP contribution is 2.11. The van der Waals surface area contributed by atoms with Crippen LogP contribution in [-0.2, 0) is 19.2 Å². The first-order chi connectivity index (χ1) is 8.79. The molecule has 0 aliphatic carbocycles. The second kappa shape index (κ2) is 6.33. The fourth-order valence-electron chi connectivity index (χ4n) is 1.12. The Morgan fingerprint density at radius 3 is 2.58 bits per heavy atom. The number of hydrogen-bond donors (Lipinski definition) is 1. The van der Waals surface area contributed by atoms with Gasteiger partial charge in [0.15, 0.2) is 0 Å². The molecule has 1 N–H and O–H groups in total. The molecule has 0 saturated carbocycles. The highest BCUT2D eigenvalue weighted by atomic mass is 32.1. The number of oxime groups is 1. The molecule has 104 valence electrons. The summed E-state index contributed by atoms with van der Waals surface area (Å²) >= 11 is 1.22. The van der Waals surface area contributed by atoms with E-state index in [4.69, 9.17) is 14.7 Å². The van der Waals surface area contributed by atoms with Crippen LogP contribution in [0.25, 0.3) is 0 Å². The van der Waals surface area contributed by atoms with Crippen molar-refractivity contribution in [2.24, 2.45) is 5.16 Å². The van der Waals surface area contributed by atoms with Gasteiger partial charge in [0, 0.05) is 0 Å². The first kappa shape index (κ1) is 15.2. The summed E-state index contributed by atoms with van der Waals surface area (Å²) in [7, 11) is 0. The molecule has 6 nitrogen and oxygen atoms in total. The Balaban J connectivity index is 2.59. The molecule has 0 atom stereocenters. The first-order valence-electron chi connectivity index (χ1n) is 5.48. The van der Waals surface area contributed by atoms with Gasteiger partial charge in [-0.05, 0) is 32.2 Å². The summed E-state index contributed by atoms with van der Waals surface area (Å²) < 4.78 is 4.99. The summed E-state index contributed by atoms with van der Waals surface area (Å²) in [5, 5.41) is 14.2. The van der Waals surface area contributed by atoms with Gasteiger partial charge in [0.1, 0.15) is 5.60 Å². The van der Waals surface area contributed by atoms with Crippen LogP contribution in [0.2, 0.25) is 0 Å². The van der Waals surface area contributed by atoms with Gasteiger partial charge in [0.25, 0.3) is 0 Å². The number of rotatable bonds is 5. The molecule has 0 spiro atoms. The van der Waals surface area contributed by atoms with Crippen molar-refractivity contribution in [1.29, 1.82) is 0 Å². The minimum absolute atomic E-state index is 0.237. The predicted octanol–water partition coefficient (Wildman–Crippen LogP) is 1.90. The van der Waals surface area contributed by atoms with Crippen molar-refractivity contribution in [3.05, 3.63) is 22.4 Å². The summed E-state index contributed by atoms with van der Waals surface area (Å²) in [6.45, 7) is 4.74. The summed E-state index contributed by atoms with van der Waals surface area (Å²) in [5.41, 5.74) is -0.855. The average Bonchev–Trinajstić information content (AvgIpc) is 2.74. The lowest BCUT2D eigenvalue weighted by Gasteiger charge is -2.18. The predicted molar refractivity (Wildman–Crippen MR) is 70.3 cm³/mol. The van der Waals surface area contributed by atoms with Crippen molar-refractivity contribution < 1.29 is 24.3 Å². The Morgan fingerprint density at radius 2 is 2.11 bits per heavy atom. The quantitative estimate of drug-likeness (QED) is 0.507. The van der Waals surface area contributed by atoms with Gasteiger partial charge in [-0.2, -0.15) is 0 Å². The topological polar surface area (TPSA) is 85.2 Å². The number of carbonyl (C=O) groups is 2. The highest BCUT2D eigenvalue weighted by molar-refractivity contribution is 7.13. The molecule has 1 heterocycles. The number of ether oxygens (including phenoxy) is 1. The largest absolute Gasteiger partial charge is 0.476 e. The third-order valence-electron chi connectivity index (χ3n) is 1.72. The van der Waals surface area contributed by atoms with E-state index in [0.717, 1.165) is 0 Å². The number of thiophene rings is 1. The van der Waals surface area contributed by atoms with Crippen molar-refractivity contribution in [1.82, 2.24) is 0 Å². The molecule has 0 unspecified atom stereocenters. The van der Waals surface area contributed by atoms with Crippen LogP contribution in [0.4, 0.5) is 0 Å². The number of nitrogens with zero attached hydrogens (tertiary/aromatic N) is 1. The van der Waals surface area contributed by atoms with E-state index in [-0.39, 0.29) is 5.71 Å². The lowest BCUT2D eigenvalue weighted by Crippen LogP contribution is -2.26. The molecule has 0 bridgehead atoms. The van der Waals surface area contributed by atoms with Gasteiger partial charge < -0.3 is 14.7 Å². The third kappa shape index (κ3) is 5.52. The van der Waals surface area contributed by atoms with Crippen LogP contribution in [0.15, 0.2) is 22.7 Å². The molecular weight excluding hydrogens is 270 g/mol. The average molecular weight is 285 g/mol. The van der Waals surface area contributed by atoms with Crippen LogP contribution in [0, 0.1) is 0 Å². The van der Waals surface area contributed by atoms with Gasteiger partial charge in [-0.3, -0.25) is 0 Å². The van der Waals surface area contributed by atoms with Gasteiger partial charge in [-0.1, -0.05) is 11.2 Å². The van der Waals surface area contributed by atoms with Crippen LogP contribution in [0.3, 0.4) is 0 Å². The number of carboxylic acids is 1. The van der Waals surface area contributed by atoms with Crippen LogP contribution in [0.5, 0.6) is 0 Å². The maximum Gasteiger partial charge on any atom is 0.359 e. The minimum Gasteiger partial charge on any atom is -0.476 e. The Labute approximate surface area is 114 Å². The molecule has 1 rings (SSSR count). The molecule has 1 aromatic rings. The van der Waals surface area contributed by atoms with Crippen molar-refractivity contribution in [2.75, 3.05) is 6.61 Å². The van der Waals surface area contributed by atoms with E-state index >= 15 is 0 Å². The monoisotopic (exact) mass is 285 g/mol. The van der Waals surface area contributed by atoms with Crippen molar-refractivity contribution >= 4 is 29.0 Å². The van der Waals surface area contributed by atoms with Gasteiger partial charge in [-0.25, -0.2) is 9.59 Å². The van der Waals surface area contributed by atoms with Gasteiger partial charge in [-0.15, -0.1) is 11.3 Å². The first-order valence-corrected chi connectivity index (χ1v) is 6.36. The Kier molecular flexibility index (Phi) is 5.05. The van der Waals surface area contributed by atoms with E-state index in [0.29, 0.717) is 4.88 Å². The summed E-state index contributed by atoms with van der Waals surface area (Å²) in [4.78, 5) is 27.5. The van der Waals surface area contributed by atoms with Crippen LogP contribution in [-0.4, -0.2) is 35.0 Å². The Bertz CT molecular complexity index is 473. The molecule has 7 heteroatoms. The van der Waals surface area contributed by atoms with E-state index in [1.807, 2.05) is 0 Å². The second-order valence-electron chi connectivity index (χ2n) is 4.58. The Morgan fingerprint density at radius 1 is 1.42 bits per heavy atom. The summed E-state index contributed by atoms with van der Waals surface area (Å²) in [6, 6.07) is 3.31. The normalized spacial score (nSPS) is 12.1. The summed E-state index contributed by atoms with van der Waals surface area (Å²) in [5.74, 6) is -1.82. The molecule has 0 fully saturated rings. The van der Waals surface area contributed by atoms with E-state index in [2.05, 4.69) is 5.16 Å². The maximum absolute atomic E-state index is 11.3. The molecule has 19 heavy (non-hydrogen) atoms. The molecule has 0 aliphatic rings. The van der Waals surface area contributed by atoms with Gasteiger partial charge >= 0.3 is 11.9 Å². The van der Waals surface area contributed by atoms with E-state index in [9.17, 15) is 9.59 Å².